The predicted octanol–water partition coefficient (Wildman–Crippen LogP) is 4.11. The SMILES string of the molecule is N#Cc1cc(Oc2ccc(Nc3cc(N)nc(-c4ccc(N)cc4)n3)cc2)ccn1. The number of hydrogen-bond donors (Lipinski definition) is 3. The molecule has 0 aliphatic rings. The van der Waals surface area contributed by atoms with E-state index >= 15 is 0 Å². The molecule has 5 N–H and O–H groups in total. The van der Waals surface area contributed by atoms with Crippen molar-refractivity contribution in [2.24, 2.45) is 0 Å². The summed E-state index contributed by atoms with van der Waals surface area (Å²) in [6.07, 6.45) is 1.53. The van der Waals surface area contributed by atoms with Gasteiger partial charge in [0.25, 0.3) is 0 Å². The van der Waals surface area contributed by atoms with Gasteiger partial charge in [0.05, 0.1) is 0 Å². The van der Waals surface area contributed by atoms with Crippen LogP contribution >= 0.6 is 0 Å². The average molecular weight is 395 g/mol. The number of nitrogens with two attached hydrogens (primary N) is 2. The highest BCUT2D eigenvalue weighted by Gasteiger charge is 2.07. The van der Waals surface area contributed by atoms with E-state index in [1.165, 1.54) is 6.20 Å². The summed E-state index contributed by atoms with van der Waals surface area (Å²) in [6, 6.07) is 21.5. The van der Waals surface area contributed by atoms with Crippen molar-refractivity contribution in [1.82, 2.24) is 15.0 Å². The molecule has 0 amide bonds. The summed E-state index contributed by atoms with van der Waals surface area (Å²) in [5.74, 6) is 2.59. The van der Waals surface area contributed by atoms with Crippen LogP contribution in [0.4, 0.5) is 23.0 Å². The molecule has 2 aromatic heterocycles. The van der Waals surface area contributed by atoms with Crippen LogP contribution in [0.15, 0.2) is 72.9 Å². The second kappa shape index (κ2) is 8.16. The molecule has 2 heterocycles. The zero-order valence-corrected chi connectivity index (χ0v) is 15.8. The lowest BCUT2D eigenvalue weighted by Gasteiger charge is -2.10. The van der Waals surface area contributed by atoms with E-state index in [1.807, 2.05) is 30.3 Å². The van der Waals surface area contributed by atoms with E-state index in [4.69, 9.17) is 21.5 Å². The Kier molecular flexibility index (Phi) is 5.09. The minimum atomic E-state index is 0.295. The topological polar surface area (TPSA) is 136 Å². The summed E-state index contributed by atoms with van der Waals surface area (Å²) in [6.45, 7) is 0. The number of nitriles is 1. The van der Waals surface area contributed by atoms with E-state index < -0.39 is 0 Å². The van der Waals surface area contributed by atoms with Crippen LogP contribution in [-0.4, -0.2) is 15.0 Å². The second-order valence-electron chi connectivity index (χ2n) is 6.36. The highest BCUT2D eigenvalue weighted by atomic mass is 16.5. The lowest BCUT2D eigenvalue weighted by Crippen LogP contribution is -2.01. The Morgan fingerprint density at radius 2 is 1.63 bits per heavy atom. The van der Waals surface area contributed by atoms with Crippen molar-refractivity contribution in [3.63, 3.8) is 0 Å². The summed E-state index contributed by atoms with van der Waals surface area (Å²) in [5, 5.41) is 12.1. The Morgan fingerprint density at radius 1 is 0.867 bits per heavy atom. The molecule has 0 aliphatic heterocycles. The average Bonchev–Trinajstić information content (AvgIpc) is 2.75. The summed E-state index contributed by atoms with van der Waals surface area (Å²) in [5.41, 5.74) is 14.3. The van der Waals surface area contributed by atoms with Crippen molar-refractivity contribution < 1.29 is 4.74 Å². The smallest absolute Gasteiger partial charge is 0.163 e. The summed E-state index contributed by atoms with van der Waals surface area (Å²) in [7, 11) is 0. The van der Waals surface area contributed by atoms with Gasteiger partial charge in [0.2, 0.25) is 0 Å². The monoisotopic (exact) mass is 395 g/mol. The van der Waals surface area contributed by atoms with Crippen LogP contribution in [0.3, 0.4) is 0 Å². The number of pyridine rings is 1. The van der Waals surface area contributed by atoms with Gasteiger partial charge in [-0.15, -0.1) is 0 Å². The van der Waals surface area contributed by atoms with Crippen LogP contribution in [0.2, 0.25) is 0 Å². The van der Waals surface area contributed by atoms with Crippen LogP contribution < -0.4 is 21.5 Å². The van der Waals surface area contributed by atoms with Crippen molar-refractivity contribution in [3.05, 3.63) is 78.6 Å². The minimum Gasteiger partial charge on any atom is -0.457 e. The molecule has 0 radical (unpaired) electrons. The first-order valence-corrected chi connectivity index (χ1v) is 9.00. The number of nitrogens with one attached hydrogen (secondary N) is 1. The Labute approximate surface area is 172 Å². The van der Waals surface area contributed by atoms with Gasteiger partial charge in [-0.25, -0.2) is 15.0 Å². The lowest BCUT2D eigenvalue weighted by molar-refractivity contribution is 0.482. The molecule has 0 unspecified atom stereocenters. The molecule has 0 spiro atoms. The molecule has 8 nitrogen and oxygen atoms in total. The maximum Gasteiger partial charge on any atom is 0.163 e. The molecule has 0 saturated heterocycles. The third kappa shape index (κ3) is 4.43. The zero-order chi connectivity index (χ0) is 20.9. The largest absolute Gasteiger partial charge is 0.457 e. The zero-order valence-electron chi connectivity index (χ0n) is 15.8. The fourth-order valence-corrected chi connectivity index (χ4v) is 2.72. The van der Waals surface area contributed by atoms with Gasteiger partial charge >= 0.3 is 0 Å². The number of ether oxygens (including phenoxy) is 1. The summed E-state index contributed by atoms with van der Waals surface area (Å²) >= 11 is 0. The standard InChI is InChI=1S/C22H17N7O/c23-13-17-11-19(9-10-26-17)30-18-7-5-16(6-8-18)27-21-12-20(25)28-22(29-21)14-1-3-15(24)4-2-14/h1-12H,24H2,(H3,25,27,28,29). The molecule has 0 atom stereocenters. The fraction of sp³-hybridized carbons (Fsp3) is 0. The first kappa shape index (κ1) is 18.7. The van der Waals surface area contributed by atoms with Gasteiger partial charge in [0.15, 0.2) is 5.82 Å². The van der Waals surface area contributed by atoms with E-state index in [-0.39, 0.29) is 0 Å². The van der Waals surface area contributed by atoms with E-state index in [9.17, 15) is 0 Å². The third-order valence-electron chi connectivity index (χ3n) is 4.12. The highest BCUT2D eigenvalue weighted by molar-refractivity contribution is 5.65. The molecule has 0 aliphatic carbocycles. The van der Waals surface area contributed by atoms with Crippen LogP contribution in [0, 0.1) is 11.3 Å². The molecule has 0 fully saturated rings. The van der Waals surface area contributed by atoms with E-state index in [1.54, 1.807) is 42.5 Å². The third-order valence-corrected chi connectivity index (χ3v) is 4.12. The normalized spacial score (nSPS) is 10.2. The van der Waals surface area contributed by atoms with Gasteiger partial charge in [-0.05, 0) is 54.6 Å². The lowest BCUT2D eigenvalue weighted by atomic mass is 10.2. The fourth-order valence-electron chi connectivity index (χ4n) is 2.72. The number of hydrogen-bond acceptors (Lipinski definition) is 8. The molecule has 4 aromatic rings. The molecular weight excluding hydrogens is 378 g/mol. The van der Waals surface area contributed by atoms with Gasteiger partial charge in [-0.3, -0.25) is 0 Å². The van der Waals surface area contributed by atoms with Crippen molar-refractivity contribution in [2.75, 3.05) is 16.8 Å². The van der Waals surface area contributed by atoms with Crippen LogP contribution in [0.25, 0.3) is 11.4 Å². The molecule has 4 rings (SSSR count). The number of rotatable bonds is 5. The maximum atomic E-state index is 8.93. The van der Waals surface area contributed by atoms with Crippen LogP contribution in [0.5, 0.6) is 11.5 Å². The molecule has 8 heteroatoms. The molecular formula is C22H17N7O. The Balaban J connectivity index is 1.50. The summed E-state index contributed by atoms with van der Waals surface area (Å²) < 4.78 is 5.76. The molecule has 2 aromatic carbocycles. The van der Waals surface area contributed by atoms with E-state index in [2.05, 4.69) is 20.3 Å². The van der Waals surface area contributed by atoms with E-state index in [0.717, 1.165) is 11.3 Å². The quantitative estimate of drug-likeness (QED) is 0.430. The second-order valence-corrected chi connectivity index (χ2v) is 6.36. The molecule has 0 bridgehead atoms. The van der Waals surface area contributed by atoms with Gasteiger partial charge in [0.1, 0.15) is 34.9 Å². The Bertz CT molecular complexity index is 1220. The molecule has 30 heavy (non-hydrogen) atoms. The highest BCUT2D eigenvalue weighted by Crippen LogP contribution is 2.26. The molecule has 146 valence electrons. The van der Waals surface area contributed by atoms with Crippen LogP contribution in [0.1, 0.15) is 5.69 Å². The van der Waals surface area contributed by atoms with Crippen molar-refractivity contribution in [3.8, 4) is 29.0 Å². The van der Waals surface area contributed by atoms with Gasteiger partial charge in [0, 0.05) is 35.3 Å². The van der Waals surface area contributed by atoms with Crippen LogP contribution in [-0.2, 0) is 0 Å². The van der Waals surface area contributed by atoms with Crippen molar-refractivity contribution >= 4 is 23.0 Å². The predicted molar refractivity (Wildman–Crippen MR) is 115 cm³/mol. The Hall–Kier alpha value is -4.64. The minimum absolute atomic E-state index is 0.295. The van der Waals surface area contributed by atoms with Crippen molar-refractivity contribution in [2.45, 2.75) is 0 Å². The maximum absolute atomic E-state index is 8.93. The first-order chi connectivity index (χ1) is 14.6. The van der Waals surface area contributed by atoms with Gasteiger partial charge in [-0.2, -0.15) is 5.26 Å². The van der Waals surface area contributed by atoms with Gasteiger partial charge in [-0.1, -0.05) is 0 Å². The van der Waals surface area contributed by atoms with Gasteiger partial charge < -0.3 is 21.5 Å². The number of aromatic nitrogens is 3. The Morgan fingerprint density at radius 3 is 2.37 bits per heavy atom. The molecule has 0 saturated carbocycles. The van der Waals surface area contributed by atoms with Crippen molar-refractivity contribution in [1.29, 1.82) is 5.26 Å². The summed E-state index contributed by atoms with van der Waals surface area (Å²) in [4.78, 5) is 12.7. The van der Waals surface area contributed by atoms with E-state index in [0.29, 0.717) is 40.3 Å². The number of nitrogen functional groups attached to an aromatic ring is 2. The first-order valence-electron chi connectivity index (χ1n) is 9.00. The number of nitrogens with zero attached hydrogens (tertiary/aromatic N) is 4. The number of benzene rings is 2. The number of anilines is 4.